The normalized spacial score (nSPS) is 15.3. The van der Waals surface area contributed by atoms with Crippen molar-refractivity contribution in [3.8, 4) is 0 Å². The molecule has 0 saturated carbocycles. The lowest BCUT2D eigenvalue weighted by Crippen LogP contribution is -2.22. The van der Waals surface area contributed by atoms with Gasteiger partial charge in [0.15, 0.2) is 0 Å². The molecule has 0 aliphatic carbocycles. The highest BCUT2D eigenvalue weighted by Gasteiger charge is 2.23. The molecular formula is C13H22BrClN2. The fourth-order valence-electron chi connectivity index (χ4n) is 2.22. The van der Waals surface area contributed by atoms with Gasteiger partial charge in [-0.3, -0.25) is 4.68 Å². The molecule has 1 aromatic heterocycles. The third-order valence-electron chi connectivity index (χ3n) is 3.33. The van der Waals surface area contributed by atoms with E-state index in [2.05, 4.69) is 53.4 Å². The molecule has 0 bridgehead atoms. The van der Waals surface area contributed by atoms with Gasteiger partial charge in [0.05, 0.1) is 15.9 Å². The lowest BCUT2D eigenvalue weighted by Gasteiger charge is -2.23. The van der Waals surface area contributed by atoms with Gasteiger partial charge < -0.3 is 0 Å². The van der Waals surface area contributed by atoms with Crippen molar-refractivity contribution < 1.29 is 0 Å². The van der Waals surface area contributed by atoms with Crippen LogP contribution in [0.5, 0.6) is 0 Å². The van der Waals surface area contributed by atoms with Gasteiger partial charge in [-0.1, -0.05) is 13.8 Å². The summed E-state index contributed by atoms with van der Waals surface area (Å²) in [7, 11) is 0. The molecule has 1 aromatic rings. The molecule has 2 nitrogen and oxygen atoms in total. The van der Waals surface area contributed by atoms with E-state index in [1.165, 1.54) is 5.69 Å². The van der Waals surface area contributed by atoms with Crippen LogP contribution >= 0.6 is 27.5 Å². The Morgan fingerprint density at radius 2 is 1.94 bits per heavy atom. The van der Waals surface area contributed by atoms with Crippen molar-refractivity contribution in [2.24, 2.45) is 11.8 Å². The maximum absolute atomic E-state index is 6.30. The summed E-state index contributed by atoms with van der Waals surface area (Å²) in [5, 5.41) is 4.71. The predicted octanol–water partition coefficient (Wildman–Crippen LogP) is 4.42. The van der Waals surface area contributed by atoms with Crippen molar-refractivity contribution in [2.75, 3.05) is 0 Å². The van der Waals surface area contributed by atoms with Gasteiger partial charge in [0, 0.05) is 11.9 Å². The van der Waals surface area contributed by atoms with Crippen LogP contribution in [0.15, 0.2) is 4.47 Å². The maximum atomic E-state index is 6.30. The smallest absolute Gasteiger partial charge is 0.0738 e. The number of rotatable bonds is 5. The predicted molar refractivity (Wildman–Crippen MR) is 77.7 cm³/mol. The van der Waals surface area contributed by atoms with Gasteiger partial charge >= 0.3 is 0 Å². The molecule has 0 N–H and O–H groups in total. The van der Waals surface area contributed by atoms with Crippen LogP contribution in [0.3, 0.4) is 0 Å². The van der Waals surface area contributed by atoms with Crippen LogP contribution in [-0.4, -0.2) is 15.2 Å². The lowest BCUT2D eigenvalue weighted by atomic mass is 9.88. The number of hydrogen-bond donors (Lipinski definition) is 0. The van der Waals surface area contributed by atoms with E-state index in [0.29, 0.717) is 11.8 Å². The zero-order chi connectivity index (χ0) is 13.2. The molecule has 1 rings (SSSR count). The summed E-state index contributed by atoms with van der Waals surface area (Å²) >= 11 is 9.94. The maximum Gasteiger partial charge on any atom is 0.0738 e. The van der Waals surface area contributed by atoms with Crippen molar-refractivity contribution in [3.63, 3.8) is 0 Å². The summed E-state index contributed by atoms with van der Waals surface area (Å²) in [5.74, 6) is 1.06. The van der Waals surface area contributed by atoms with E-state index in [0.717, 1.165) is 23.1 Å². The van der Waals surface area contributed by atoms with Gasteiger partial charge in [0.1, 0.15) is 0 Å². The van der Waals surface area contributed by atoms with Gasteiger partial charge in [-0.15, -0.1) is 11.6 Å². The van der Waals surface area contributed by atoms with Crippen molar-refractivity contribution in [2.45, 2.75) is 53.0 Å². The van der Waals surface area contributed by atoms with Crippen molar-refractivity contribution in [3.05, 3.63) is 15.9 Å². The summed E-state index contributed by atoms with van der Waals surface area (Å²) in [5.41, 5.74) is 2.34. The highest BCUT2D eigenvalue weighted by molar-refractivity contribution is 9.10. The van der Waals surface area contributed by atoms with E-state index >= 15 is 0 Å². The molecule has 0 aliphatic heterocycles. The molecule has 0 spiro atoms. The Morgan fingerprint density at radius 3 is 2.35 bits per heavy atom. The molecule has 17 heavy (non-hydrogen) atoms. The fourth-order valence-corrected chi connectivity index (χ4v) is 3.04. The highest BCUT2D eigenvalue weighted by atomic mass is 79.9. The number of halogens is 2. The first-order valence-corrected chi connectivity index (χ1v) is 7.47. The van der Waals surface area contributed by atoms with Crippen LogP contribution in [0, 0.1) is 18.8 Å². The first-order valence-electron chi connectivity index (χ1n) is 6.24. The van der Waals surface area contributed by atoms with Crippen molar-refractivity contribution in [1.29, 1.82) is 0 Å². The van der Waals surface area contributed by atoms with Crippen LogP contribution in [0.1, 0.15) is 39.1 Å². The molecule has 1 heterocycles. The second-order valence-corrected chi connectivity index (χ2v) is 6.43. The summed E-state index contributed by atoms with van der Waals surface area (Å²) in [6, 6.07) is 0. The minimum absolute atomic E-state index is 0.183. The van der Waals surface area contributed by atoms with Gasteiger partial charge in [0.25, 0.3) is 0 Å². The number of aryl methyl sites for hydroxylation is 2. The third-order valence-corrected chi connectivity index (χ3v) is 4.68. The van der Waals surface area contributed by atoms with E-state index < -0.39 is 0 Å². The van der Waals surface area contributed by atoms with Gasteiger partial charge in [-0.2, -0.15) is 5.10 Å². The average molecular weight is 322 g/mol. The van der Waals surface area contributed by atoms with Gasteiger partial charge in [-0.05, 0) is 55.0 Å². The van der Waals surface area contributed by atoms with Crippen LogP contribution in [0.4, 0.5) is 0 Å². The van der Waals surface area contributed by atoms with E-state index in [1.54, 1.807) is 0 Å². The van der Waals surface area contributed by atoms with E-state index in [-0.39, 0.29) is 5.38 Å². The molecule has 0 radical (unpaired) electrons. The molecule has 0 aliphatic rings. The summed E-state index contributed by atoms with van der Waals surface area (Å²) < 4.78 is 3.22. The zero-order valence-electron chi connectivity index (χ0n) is 11.3. The van der Waals surface area contributed by atoms with Gasteiger partial charge in [0.2, 0.25) is 0 Å². The minimum atomic E-state index is 0.183. The fraction of sp³-hybridized carbons (Fsp3) is 0.769. The van der Waals surface area contributed by atoms with Crippen molar-refractivity contribution in [1.82, 2.24) is 9.78 Å². The molecule has 2 atom stereocenters. The number of aromatic nitrogens is 2. The molecule has 0 fully saturated rings. The first kappa shape index (κ1) is 15.0. The second-order valence-electron chi connectivity index (χ2n) is 4.95. The molecule has 0 amide bonds. The van der Waals surface area contributed by atoms with Crippen LogP contribution in [0.25, 0.3) is 0 Å². The topological polar surface area (TPSA) is 17.8 Å². The molecule has 98 valence electrons. The number of alkyl halides is 1. The largest absolute Gasteiger partial charge is 0.268 e. The van der Waals surface area contributed by atoms with E-state index in [9.17, 15) is 0 Å². The Kier molecular flexibility index (Phi) is 5.52. The Labute approximate surface area is 118 Å². The van der Waals surface area contributed by atoms with Crippen molar-refractivity contribution >= 4 is 27.5 Å². The molecule has 0 aromatic carbocycles. The monoisotopic (exact) mass is 320 g/mol. The van der Waals surface area contributed by atoms with E-state index in [1.807, 2.05) is 6.92 Å². The molecule has 0 saturated heterocycles. The summed E-state index contributed by atoms with van der Waals surface area (Å²) in [4.78, 5) is 0. The Bertz CT molecular complexity index is 364. The third kappa shape index (κ3) is 3.47. The summed E-state index contributed by atoms with van der Waals surface area (Å²) in [6.07, 6.45) is 0.984. The van der Waals surface area contributed by atoms with Crippen LogP contribution < -0.4 is 0 Å². The van der Waals surface area contributed by atoms with E-state index in [4.69, 9.17) is 11.6 Å². The van der Waals surface area contributed by atoms with Gasteiger partial charge in [-0.25, -0.2) is 0 Å². The number of nitrogens with zero attached hydrogens (tertiary/aromatic N) is 2. The quantitative estimate of drug-likeness (QED) is 0.734. The van der Waals surface area contributed by atoms with Crippen LogP contribution in [-0.2, 0) is 13.0 Å². The lowest BCUT2D eigenvalue weighted by molar-refractivity contribution is 0.365. The average Bonchev–Trinajstić information content (AvgIpc) is 2.51. The first-order chi connectivity index (χ1) is 7.88. The Balaban J connectivity index is 3.00. The summed E-state index contributed by atoms with van der Waals surface area (Å²) in [6.45, 7) is 11.6. The second kappa shape index (κ2) is 6.24. The molecular weight excluding hydrogens is 300 g/mol. The Morgan fingerprint density at radius 1 is 1.35 bits per heavy atom. The highest BCUT2D eigenvalue weighted by Crippen LogP contribution is 2.29. The number of hydrogen-bond acceptors (Lipinski definition) is 1. The molecule has 4 heteroatoms. The van der Waals surface area contributed by atoms with Crippen LogP contribution in [0.2, 0.25) is 0 Å². The standard InChI is InChI=1S/C13H22BrClN2/c1-6-17-12(13(14)10(5)16-17)7-11(8(2)3)9(4)15/h8-9,11H,6-7H2,1-5H3. The minimum Gasteiger partial charge on any atom is -0.268 e. The SMILES string of the molecule is CCn1nc(C)c(Br)c1CC(C(C)C)C(C)Cl. The molecule has 2 unspecified atom stereocenters. The Hall–Kier alpha value is -0.0200. The zero-order valence-corrected chi connectivity index (χ0v) is 13.6.